The number of carbonyl (C=O) groups excluding carboxylic acids is 3. The number of aromatic nitrogens is 1. The third kappa shape index (κ3) is 6.35. The molecule has 9 nitrogen and oxygen atoms in total. The average molecular weight is 398 g/mol. The number of nitrogens with one attached hydrogen (secondary N) is 3. The summed E-state index contributed by atoms with van der Waals surface area (Å²) in [5, 5.41) is 2.55. The maximum absolute atomic E-state index is 12.3. The van der Waals surface area contributed by atoms with Gasteiger partial charge in [-0.25, -0.2) is 14.6 Å². The molecule has 1 heterocycles. The zero-order valence-corrected chi connectivity index (χ0v) is 16.3. The van der Waals surface area contributed by atoms with E-state index in [4.69, 9.17) is 9.47 Å². The molecule has 0 bridgehead atoms. The van der Waals surface area contributed by atoms with E-state index in [1.807, 2.05) is 0 Å². The molecule has 0 saturated heterocycles. The summed E-state index contributed by atoms with van der Waals surface area (Å²) < 4.78 is 9.95. The molecule has 0 aliphatic carbocycles. The summed E-state index contributed by atoms with van der Waals surface area (Å²) in [6.45, 7) is 5.34. The topological polar surface area (TPSA) is 119 Å². The molecule has 1 aromatic heterocycles. The van der Waals surface area contributed by atoms with E-state index in [1.54, 1.807) is 45.0 Å². The van der Waals surface area contributed by atoms with Crippen LogP contribution >= 0.6 is 0 Å². The summed E-state index contributed by atoms with van der Waals surface area (Å²) in [5.41, 5.74) is 6.08. The van der Waals surface area contributed by atoms with Crippen LogP contribution in [0, 0.1) is 0 Å². The Morgan fingerprint density at radius 1 is 1.14 bits per heavy atom. The Hall–Kier alpha value is -3.88. The predicted molar refractivity (Wildman–Crippen MR) is 107 cm³/mol. The van der Waals surface area contributed by atoms with E-state index < -0.39 is 18.0 Å². The van der Waals surface area contributed by atoms with E-state index in [-0.39, 0.29) is 18.0 Å². The van der Waals surface area contributed by atoms with Crippen LogP contribution in [0.3, 0.4) is 0 Å². The van der Waals surface area contributed by atoms with Gasteiger partial charge in [0.2, 0.25) is 0 Å². The number of allylic oxidation sites excluding steroid dienone is 2. The van der Waals surface area contributed by atoms with Crippen LogP contribution < -0.4 is 16.2 Å². The summed E-state index contributed by atoms with van der Waals surface area (Å²) in [4.78, 5) is 40.0. The molecule has 0 aliphatic heterocycles. The number of hydrogen-bond acceptors (Lipinski definition) is 7. The Morgan fingerprint density at radius 3 is 2.52 bits per heavy atom. The van der Waals surface area contributed by atoms with E-state index in [0.29, 0.717) is 17.0 Å². The lowest BCUT2D eigenvalue weighted by Crippen LogP contribution is -2.30. The van der Waals surface area contributed by atoms with Crippen molar-refractivity contribution in [1.82, 2.24) is 10.4 Å². The highest BCUT2D eigenvalue weighted by Gasteiger charge is 2.14. The molecule has 29 heavy (non-hydrogen) atoms. The highest BCUT2D eigenvalue weighted by Crippen LogP contribution is 2.13. The van der Waals surface area contributed by atoms with E-state index in [2.05, 4.69) is 21.2 Å². The standard InChI is InChI=1S/C20H22N4O5/c1-4-13(3)29-20(27)22-15-10-8-14(9-11-15)18(25)24-23-17-16(7-6-12-21-17)19(26)28-5-2/h4,6-12H,5H2,1-3H3,(H,21,23)(H,22,27)(H,24,25)/b13-4+. The van der Waals surface area contributed by atoms with Gasteiger partial charge in [-0.15, -0.1) is 0 Å². The van der Waals surface area contributed by atoms with Gasteiger partial charge in [0.05, 0.1) is 6.61 Å². The summed E-state index contributed by atoms with van der Waals surface area (Å²) >= 11 is 0. The Kier molecular flexibility index (Phi) is 7.72. The number of rotatable bonds is 7. The molecular formula is C20H22N4O5. The fourth-order valence-electron chi connectivity index (χ4n) is 2.12. The summed E-state index contributed by atoms with van der Waals surface area (Å²) in [6, 6.07) is 9.31. The molecule has 0 spiro atoms. The van der Waals surface area contributed by atoms with Crippen LogP contribution in [0.2, 0.25) is 0 Å². The van der Waals surface area contributed by atoms with Gasteiger partial charge in [0, 0.05) is 17.4 Å². The van der Waals surface area contributed by atoms with Crippen LogP contribution in [-0.2, 0) is 9.47 Å². The molecule has 0 radical (unpaired) electrons. The van der Waals surface area contributed by atoms with Crippen LogP contribution in [0.1, 0.15) is 41.5 Å². The number of anilines is 2. The SMILES string of the molecule is C/C=C(\C)OC(=O)Nc1ccc(C(=O)NNc2ncccc2C(=O)OCC)cc1. The largest absolute Gasteiger partial charge is 0.462 e. The lowest BCUT2D eigenvalue weighted by Gasteiger charge is -2.11. The lowest BCUT2D eigenvalue weighted by molar-refractivity contribution is 0.0526. The second kappa shape index (κ2) is 10.5. The Bertz CT molecular complexity index is 909. The molecule has 0 fully saturated rings. The number of hydrazine groups is 1. The Labute approximate surface area is 168 Å². The van der Waals surface area contributed by atoms with Gasteiger partial charge in [0.25, 0.3) is 5.91 Å². The highest BCUT2D eigenvalue weighted by atomic mass is 16.6. The number of hydrogen-bond donors (Lipinski definition) is 3. The first-order valence-corrected chi connectivity index (χ1v) is 8.85. The fraction of sp³-hybridized carbons (Fsp3) is 0.200. The molecule has 0 saturated carbocycles. The maximum Gasteiger partial charge on any atom is 0.416 e. The first-order chi connectivity index (χ1) is 13.9. The predicted octanol–water partition coefficient (Wildman–Crippen LogP) is 3.49. The van der Waals surface area contributed by atoms with Crippen molar-refractivity contribution in [2.45, 2.75) is 20.8 Å². The molecule has 2 rings (SSSR count). The van der Waals surface area contributed by atoms with E-state index in [9.17, 15) is 14.4 Å². The molecule has 152 valence electrons. The van der Waals surface area contributed by atoms with Crippen LogP contribution in [0.4, 0.5) is 16.3 Å². The van der Waals surface area contributed by atoms with E-state index >= 15 is 0 Å². The molecule has 0 aliphatic rings. The number of benzene rings is 1. The van der Waals surface area contributed by atoms with Crippen LogP contribution in [-0.4, -0.2) is 29.6 Å². The number of esters is 1. The monoisotopic (exact) mass is 398 g/mol. The summed E-state index contributed by atoms with van der Waals surface area (Å²) in [7, 11) is 0. The molecule has 2 amide bonds. The van der Waals surface area contributed by atoms with Crippen molar-refractivity contribution in [1.29, 1.82) is 0 Å². The molecule has 2 aromatic rings. The third-order valence-corrected chi connectivity index (χ3v) is 3.65. The average Bonchev–Trinajstić information content (AvgIpc) is 2.72. The first kappa shape index (κ1) is 21.4. The first-order valence-electron chi connectivity index (χ1n) is 8.85. The Morgan fingerprint density at radius 2 is 1.86 bits per heavy atom. The van der Waals surface area contributed by atoms with Crippen molar-refractivity contribution in [2.24, 2.45) is 0 Å². The zero-order chi connectivity index (χ0) is 21.2. The van der Waals surface area contributed by atoms with Crippen molar-refractivity contribution in [3.8, 4) is 0 Å². The Balaban J connectivity index is 1.97. The van der Waals surface area contributed by atoms with Gasteiger partial charge < -0.3 is 9.47 Å². The number of ether oxygens (including phenoxy) is 2. The molecular weight excluding hydrogens is 376 g/mol. The summed E-state index contributed by atoms with van der Waals surface area (Å²) in [6.07, 6.45) is 2.52. The third-order valence-electron chi connectivity index (χ3n) is 3.65. The second-order valence-electron chi connectivity index (χ2n) is 5.69. The van der Waals surface area contributed by atoms with Crippen molar-refractivity contribution in [3.05, 3.63) is 65.6 Å². The fourth-order valence-corrected chi connectivity index (χ4v) is 2.12. The van der Waals surface area contributed by atoms with Gasteiger partial charge >= 0.3 is 12.1 Å². The zero-order valence-electron chi connectivity index (χ0n) is 16.3. The molecule has 0 atom stereocenters. The van der Waals surface area contributed by atoms with Gasteiger partial charge in [0.1, 0.15) is 11.3 Å². The number of carbonyl (C=O) groups is 3. The van der Waals surface area contributed by atoms with Gasteiger partial charge in [-0.05, 0) is 63.2 Å². The molecule has 1 aromatic carbocycles. The number of pyridine rings is 1. The molecule has 3 N–H and O–H groups in total. The van der Waals surface area contributed by atoms with Crippen LogP contribution in [0.15, 0.2) is 54.4 Å². The minimum absolute atomic E-state index is 0.166. The normalized spacial score (nSPS) is 10.7. The minimum atomic E-state index is -0.624. The van der Waals surface area contributed by atoms with Gasteiger partial charge in [0.15, 0.2) is 5.82 Å². The van der Waals surface area contributed by atoms with Crippen LogP contribution in [0.25, 0.3) is 0 Å². The lowest BCUT2D eigenvalue weighted by atomic mass is 10.2. The smallest absolute Gasteiger partial charge is 0.416 e. The van der Waals surface area contributed by atoms with Crippen molar-refractivity contribution in [3.63, 3.8) is 0 Å². The quantitative estimate of drug-likeness (QED) is 0.371. The number of amides is 2. The highest BCUT2D eigenvalue weighted by molar-refractivity contribution is 5.97. The van der Waals surface area contributed by atoms with Gasteiger partial charge in [-0.1, -0.05) is 0 Å². The number of nitrogens with zero attached hydrogens (tertiary/aromatic N) is 1. The van der Waals surface area contributed by atoms with Crippen molar-refractivity contribution < 1.29 is 23.9 Å². The van der Waals surface area contributed by atoms with Crippen molar-refractivity contribution in [2.75, 3.05) is 17.3 Å². The maximum atomic E-state index is 12.3. The second-order valence-corrected chi connectivity index (χ2v) is 5.69. The van der Waals surface area contributed by atoms with E-state index in [0.717, 1.165) is 0 Å². The minimum Gasteiger partial charge on any atom is -0.462 e. The van der Waals surface area contributed by atoms with Gasteiger partial charge in [-0.2, -0.15) is 0 Å². The van der Waals surface area contributed by atoms with E-state index in [1.165, 1.54) is 24.4 Å². The molecule has 9 heteroatoms. The van der Waals surface area contributed by atoms with Crippen LogP contribution in [0.5, 0.6) is 0 Å². The summed E-state index contributed by atoms with van der Waals surface area (Å²) in [5.74, 6) is -0.363. The van der Waals surface area contributed by atoms with Crippen molar-refractivity contribution >= 4 is 29.5 Å². The molecule has 0 unspecified atom stereocenters. The van der Waals surface area contributed by atoms with Gasteiger partial charge in [-0.3, -0.25) is 21.0 Å².